The van der Waals surface area contributed by atoms with Crippen LogP contribution in [0.4, 0.5) is 9.52 Å². The van der Waals surface area contributed by atoms with Gasteiger partial charge >= 0.3 is 0 Å². The molecule has 1 saturated heterocycles. The number of nitrogens with one attached hydrogen (secondary N) is 2. The van der Waals surface area contributed by atoms with E-state index in [0.29, 0.717) is 11.6 Å². The van der Waals surface area contributed by atoms with Crippen molar-refractivity contribution in [2.75, 3.05) is 11.9 Å². The summed E-state index contributed by atoms with van der Waals surface area (Å²) in [4.78, 5) is 16.9. The number of thiophene rings is 1. The second-order valence-corrected chi connectivity index (χ2v) is 6.23. The van der Waals surface area contributed by atoms with Gasteiger partial charge in [-0.1, -0.05) is 11.3 Å². The predicted octanol–water partition coefficient (Wildman–Crippen LogP) is 3.02. The highest BCUT2D eigenvalue weighted by Gasteiger charge is 2.19. The SMILES string of the molecule is O=C(Nc1ncc(F)s1)c1csc(C2CCCN2)c1. The number of rotatable bonds is 3. The molecule has 1 fully saturated rings. The van der Waals surface area contributed by atoms with E-state index in [2.05, 4.69) is 15.6 Å². The van der Waals surface area contributed by atoms with Gasteiger partial charge in [-0.3, -0.25) is 10.1 Å². The van der Waals surface area contributed by atoms with Crippen LogP contribution in [0.2, 0.25) is 0 Å². The van der Waals surface area contributed by atoms with Crippen LogP contribution in [-0.4, -0.2) is 17.4 Å². The van der Waals surface area contributed by atoms with Gasteiger partial charge in [-0.25, -0.2) is 4.98 Å². The van der Waals surface area contributed by atoms with Crippen LogP contribution in [0.3, 0.4) is 0 Å². The Morgan fingerprint density at radius 2 is 2.47 bits per heavy atom. The van der Waals surface area contributed by atoms with Gasteiger partial charge < -0.3 is 5.32 Å². The third kappa shape index (κ3) is 2.83. The minimum Gasteiger partial charge on any atom is -0.309 e. The van der Waals surface area contributed by atoms with Crippen LogP contribution in [0.1, 0.15) is 34.1 Å². The monoisotopic (exact) mass is 297 g/mol. The fourth-order valence-electron chi connectivity index (χ4n) is 2.06. The molecule has 1 unspecified atom stereocenters. The molecule has 1 amide bonds. The minimum absolute atomic E-state index is 0.241. The molecule has 0 aromatic carbocycles. The fourth-order valence-corrected chi connectivity index (χ4v) is 3.60. The Hall–Kier alpha value is -1.31. The van der Waals surface area contributed by atoms with Crippen molar-refractivity contribution in [3.63, 3.8) is 0 Å². The number of anilines is 1. The van der Waals surface area contributed by atoms with Crippen LogP contribution in [-0.2, 0) is 0 Å². The standard InChI is InChI=1S/C12H12FN3OS2/c13-10-5-15-12(19-10)16-11(17)7-4-9(18-6-7)8-2-1-3-14-8/h4-6,8,14H,1-3H2,(H,15,16,17). The first kappa shape index (κ1) is 12.7. The number of nitrogens with zero attached hydrogens (tertiary/aromatic N) is 1. The van der Waals surface area contributed by atoms with Crippen LogP contribution in [0, 0.1) is 5.13 Å². The first-order valence-corrected chi connectivity index (χ1v) is 7.66. The van der Waals surface area contributed by atoms with Crippen molar-refractivity contribution in [2.45, 2.75) is 18.9 Å². The summed E-state index contributed by atoms with van der Waals surface area (Å²) in [6, 6.07) is 2.26. The van der Waals surface area contributed by atoms with Crippen molar-refractivity contribution >= 4 is 33.7 Å². The number of aromatic nitrogens is 1. The Kier molecular flexibility index (Phi) is 3.58. The third-order valence-electron chi connectivity index (χ3n) is 2.98. The number of hydrogen-bond donors (Lipinski definition) is 2. The fraction of sp³-hybridized carbons (Fsp3) is 0.333. The topological polar surface area (TPSA) is 54.0 Å². The van der Waals surface area contributed by atoms with Crippen LogP contribution in [0.5, 0.6) is 0 Å². The lowest BCUT2D eigenvalue weighted by Gasteiger charge is -2.05. The van der Waals surface area contributed by atoms with Crippen LogP contribution in [0.15, 0.2) is 17.6 Å². The summed E-state index contributed by atoms with van der Waals surface area (Å²) in [5.41, 5.74) is 0.601. The lowest BCUT2D eigenvalue weighted by Crippen LogP contribution is -2.12. The van der Waals surface area contributed by atoms with Crippen LogP contribution in [0.25, 0.3) is 0 Å². The van der Waals surface area contributed by atoms with E-state index in [1.54, 1.807) is 11.3 Å². The maximum absolute atomic E-state index is 12.8. The normalized spacial score (nSPS) is 18.7. The van der Waals surface area contributed by atoms with Gasteiger partial charge in [0.25, 0.3) is 5.91 Å². The molecule has 4 nitrogen and oxygen atoms in total. The molecule has 7 heteroatoms. The lowest BCUT2D eigenvalue weighted by molar-refractivity contribution is 0.102. The largest absolute Gasteiger partial charge is 0.309 e. The first-order chi connectivity index (χ1) is 9.22. The van der Waals surface area contributed by atoms with E-state index in [4.69, 9.17) is 0 Å². The summed E-state index contributed by atoms with van der Waals surface area (Å²) in [7, 11) is 0. The predicted molar refractivity (Wildman–Crippen MR) is 74.3 cm³/mol. The zero-order valence-electron chi connectivity index (χ0n) is 9.98. The number of amides is 1. The van der Waals surface area contributed by atoms with Gasteiger partial charge in [-0.05, 0) is 25.5 Å². The Morgan fingerprint density at radius 3 is 3.16 bits per heavy atom. The van der Waals surface area contributed by atoms with E-state index in [9.17, 15) is 9.18 Å². The molecule has 2 aromatic rings. The van der Waals surface area contributed by atoms with Crippen molar-refractivity contribution < 1.29 is 9.18 Å². The third-order valence-corrected chi connectivity index (χ3v) is 4.73. The Bertz CT molecular complexity index is 589. The van der Waals surface area contributed by atoms with Gasteiger partial charge in [0.05, 0.1) is 11.8 Å². The van der Waals surface area contributed by atoms with E-state index in [1.807, 2.05) is 11.4 Å². The van der Waals surface area contributed by atoms with Crippen molar-refractivity contribution in [2.24, 2.45) is 0 Å². The lowest BCUT2D eigenvalue weighted by atomic mass is 10.1. The molecule has 0 spiro atoms. The smallest absolute Gasteiger partial charge is 0.258 e. The van der Waals surface area contributed by atoms with Gasteiger partial charge in [0.1, 0.15) is 0 Å². The summed E-state index contributed by atoms with van der Waals surface area (Å²) in [5, 5.41) is 7.70. The zero-order valence-corrected chi connectivity index (χ0v) is 11.6. The highest BCUT2D eigenvalue weighted by atomic mass is 32.1. The van der Waals surface area contributed by atoms with Gasteiger partial charge in [-0.15, -0.1) is 11.3 Å². The Morgan fingerprint density at radius 1 is 1.58 bits per heavy atom. The molecule has 1 aliphatic heterocycles. The zero-order chi connectivity index (χ0) is 13.2. The average Bonchev–Trinajstić information content (AvgIpc) is 3.08. The molecule has 19 heavy (non-hydrogen) atoms. The number of halogens is 1. The second kappa shape index (κ2) is 5.36. The van der Waals surface area contributed by atoms with Crippen LogP contribution < -0.4 is 10.6 Å². The van der Waals surface area contributed by atoms with Gasteiger partial charge in [0, 0.05) is 16.3 Å². The van der Waals surface area contributed by atoms with Crippen molar-refractivity contribution in [1.29, 1.82) is 0 Å². The summed E-state index contributed by atoms with van der Waals surface area (Å²) in [5.74, 6) is -0.241. The van der Waals surface area contributed by atoms with Crippen molar-refractivity contribution in [1.82, 2.24) is 10.3 Å². The molecule has 3 rings (SSSR count). The highest BCUT2D eigenvalue weighted by Crippen LogP contribution is 2.29. The van der Waals surface area contributed by atoms with Gasteiger partial charge in [-0.2, -0.15) is 4.39 Å². The molecule has 2 N–H and O–H groups in total. The summed E-state index contributed by atoms with van der Waals surface area (Å²) < 4.78 is 12.8. The van der Waals surface area contributed by atoms with Gasteiger partial charge in [0.15, 0.2) is 10.3 Å². The molecule has 0 bridgehead atoms. The minimum atomic E-state index is -0.406. The molecule has 1 atom stereocenters. The van der Waals surface area contributed by atoms with E-state index in [0.717, 1.165) is 30.5 Å². The molecule has 1 aliphatic rings. The Labute approximate surface area is 117 Å². The van der Waals surface area contributed by atoms with E-state index < -0.39 is 5.13 Å². The van der Waals surface area contributed by atoms with E-state index >= 15 is 0 Å². The molecular weight excluding hydrogens is 285 g/mol. The maximum Gasteiger partial charge on any atom is 0.258 e. The summed E-state index contributed by atoms with van der Waals surface area (Å²) in [6.07, 6.45) is 3.38. The number of carbonyl (C=O) groups excluding carboxylic acids is 1. The van der Waals surface area contributed by atoms with Crippen LogP contribution >= 0.6 is 22.7 Å². The molecule has 0 radical (unpaired) electrons. The van der Waals surface area contributed by atoms with E-state index in [1.165, 1.54) is 11.3 Å². The van der Waals surface area contributed by atoms with Crippen molar-refractivity contribution in [3.8, 4) is 0 Å². The highest BCUT2D eigenvalue weighted by molar-refractivity contribution is 7.14. The van der Waals surface area contributed by atoms with E-state index in [-0.39, 0.29) is 11.0 Å². The molecule has 100 valence electrons. The summed E-state index contributed by atoms with van der Waals surface area (Å²) in [6.45, 7) is 1.03. The molecular formula is C12H12FN3OS2. The van der Waals surface area contributed by atoms with Crippen molar-refractivity contribution in [3.05, 3.63) is 33.2 Å². The second-order valence-electron chi connectivity index (χ2n) is 4.31. The summed E-state index contributed by atoms with van der Waals surface area (Å²) >= 11 is 2.40. The first-order valence-electron chi connectivity index (χ1n) is 5.97. The molecule has 0 saturated carbocycles. The number of thiazole rings is 1. The molecule has 0 aliphatic carbocycles. The number of hydrogen-bond acceptors (Lipinski definition) is 5. The van der Waals surface area contributed by atoms with Gasteiger partial charge in [0.2, 0.25) is 0 Å². The maximum atomic E-state index is 12.8. The molecule has 3 heterocycles. The molecule has 2 aromatic heterocycles. The average molecular weight is 297 g/mol. The Balaban J connectivity index is 1.69. The number of carbonyl (C=O) groups is 1. The quantitative estimate of drug-likeness (QED) is 0.915.